The third-order valence-corrected chi connectivity index (χ3v) is 11.7. The van der Waals surface area contributed by atoms with Gasteiger partial charge < -0.3 is 63.2 Å². The minimum atomic E-state index is -1.27. The van der Waals surface area contributed by atoms with Gasteiger partial charge >= 0.3 is 0 Å². The number of carbonyl (C=O) groups is 8. The van der Waals surface area contributed by atoms with Crippen LogP contribution in [0.5, 0.6) is 0 Å². The van der Waals surface area contributed by atoms with Crippen molar-refractivity contribution in [1.29, 1.82) is 0 Å². The van der Waals surface area contributed by atoms with Crippen LogP contribution in [0.4, 0.5) is 0 Å². The molecule has 8 amide bonds. The monoisotopic (exact) mass is 993 g/mol. The topological polar surface area (TPSA) is 332 Å². The summed E-state index contributed by atoms with van der Waals surface area (Å²) >= 11 is 0. The molecule has 5 aromatic rings. The van der Waals surface area contributed by atoms with E-state index < -0.39 is 96.1 Å². The summed E-state index contributed by atoms with van der Waals surface area (Å²) in [6.07, 6.45) is 8.40. The number of benzene rings is 2. The van der Waals surface area contributed by atoms with E-state index in [2.05, 4.69) is 67.5 Å². The molecule has 0 bridgehead atoms. The van der Waals surface area contributed by atoms with Crippen molar-refractivity contribution in [3.8, 4) is 0 Å². The first-order chi connectivity index (χ1) is 34.4. The van der Waals surface area contributed by atoms with Crippen LogP contribution in [0.15, 0.2) is 85.8 Å². The van der Waals surface area contributed by atoms with Gasteiger partial charge in [-0.2, -0.15) is 0 Å². The second-order valence-electron chi connectivity index (χ2n) is 18.6. The predicted octanol–water partition coefficient (Wildman–Crippen LogP) is 0.0951. The smallest absolute Gasteiger partial charge is 0.243 e. The number of nitrogens with zero attached hydrogens (tertiary/aromatic N) is 2. The van der Waals surface area contributed by atoms with Crippen molar-refractivity contribution in [3.05, 3.63) is 108 Å². The minimum absolute atomic E-state index is 0.0166. The number of aromatic nitrogens is 5. The van der Waals surface area contributed by atoms with E-state index in [1.54, 1.807) is 20.0 Å². The molecule has 2 aromatic carbocycles. The average molecular weight is 993 g/mol. The van der Waals surface area contributed by atoms with Crippen LogP contribution in [0.2, 0.25) is 0 Å². The van der Waals surface area contributed by atoms with Gasteiger partial charge in [0.25, 0.3) is 0 Å². The maximum Gasteiger partial charge on any atom is 0.243 e. The van der Waals surface area contributed by atoms with Crippen LogP contribution in [0, 0.1) is 11.8 Å². The van der Waals surface area contributed by atoms with E-state index in [-0.39, 0.29) is 44.1 Å². The average Bonchev–Trinajstić information content (AvgIpc) is 4.15. The van der Waals surface area contributed by atoms with E-state index in [1.807, 2.05) is 68.4 Å². The largest absolute Gasteiger partial charge is 0.361 e. The fourth-order valence-corrected chi connectivity index (χ4v) is 7.94. The van der Waals surface area contributed by atoms with Gasteiger partial charge in [0.15, 0.2) is 0 Å². The second kappa shape index (κ2) is 26.9. The molecule has 3 heterocycles. The molecular formula is C50H68N14O8. The van der Waals surface area contributed by atoms with Crippen molar-refractivity contribution < 1.29 is 38.4 Å². The molecule has 72 heavy (non-hydrogen) atoms. The quantitative estimate of drug-likeness (QED) is 0.0335. The van der Waals surface area contributed by atoms with E-state index >= 15 is 0 Å². The van der Waals surface area contributed by atoms with Gasteiger partial charge in [0.1, 0.15) is 30.2 Å². The lowest BCUT2D eigenvalue weighted by molar-refractivity contribution is -0.135. The van der Waals surface area contributed by atoms with Crippen LogP contribution in [-0.4, -0.2) is 128 Å². The summed E-state index contributed by atoms with van der Waals surface area (Å²) in [4.78, 5) is 125. The lowest BCUT2D eigenvalue weighted by atomic mass is 10.0. The molecule has 0 spiro atoms. The Bertz CT molecular complexity index is 2580. The van der Waals surface area contributed by atoms with Crippen LogP contribution in [0.1, 0.15) is 70.5 Å². The number of para-hydroxylation sites is 1. The number of imidazole rings is 2. The zero-order chi connectivity index (χ0) is 52.3. The molecule has 0 saturated carbocycles. The molecule has 0 aliphatic carbocycles. The third kappa shape index (κ3) is 17.2. The Morgan fingerprint density at radius 1 is 0.597 bits per heavy atom. The first kappa shape index (κ1) is 55.1. The maximum absolute atomic E-state index is 14.2. The Balaban J connectivity index is 1.24. The summed E-state index contributed by atoms with van der Waals surface area (Å²) in [5, 5.41) is 22.5. The number of nitrogens with two attached hydrogens (primary N) is 1. The van der Waals surface area contributed by atoms with Gasteiger partial charge in [0.05, 0.1) is 25.2 Å². The van der Waals surface area contributed by atoms with Crippen LogP contribution in [0.25, 0.3) is 10.9 Å². The predicted molar refractivity (Wildman–Crippen MR) is 268 cm³/mol. The first-order valence-electron chi connectivity index (χ1n) is 24.0. The van der Waals surface area contributed by atoms with Crippen molar-refractivity contribution in [2.45, 2.75) is 116 Å². The molecule has 0 radical (unpaired) electrons. The van der Waals surface area contributed by atoms with Gasteiger partial charge in [-0.15, -0.1) is 0 Å². The summed E-state index contributed by atoms with van der Waals surface area (Å²) < 4.78 is 0. The number of rotatable bonds is 27. The van der Waals surface area contributed by atoms with Gasteiger partial charge in [0.2, 0.25) is 47.3 Å². The summed E-state index contributed by atoms with van der Waals surface area (Å²) in [6, 6.07) is 9.22. The van der Waals surface area contributed by atoms with Gasteiger partial charge in [-0.05, 0) is 48.8 Å². The Hall–Kier alpha value is -7.88. The molecule has 13 N–H and O–H groups in total. The van der Waals surface area contributed by atoms with Crippen molar-refractivity contribution in [3.63, 3.8) is 0 Å². The van der Waals surface area contributed by atoms with E-state index in [0.717, 1.165) is 16.5 Å². The zero-order valence-corrected chi connectivity index (χ0v) is 41.5. The highest BCUT2D eigenvalue weighted by Crippen LogP contribution is 2.20. The van der Waals surface area contributed by atoms with E-state index in [1.165, 1.54) is 38.9 Å². The van der Waals surface area contributed by atoms with E-state index in [0.29, 0.717) is 23.4 Å². The molecule has 7 atom stereocenters. The summed E-state index contributed by atoms with van der Waals surface area (Å²) in [7, 11) is 0. The zero-order valence-electron chi connectivity index (χ0n) is 41.5. The summed E-state index contributed by atoms with van der Waals surface area (Å²) in [5.41, 5.74) is 9.70. The standard InChI is InChI=1S/C50H68N14O8/c1-28(2)16-36(24-54-31(6)65)60-48(70)41(19-34-22-52-26-57-34)61-43(66)25-56-50(72)44(29(3)4)64-45(67)30(5)59-47(69)40(18-33-21-55-39-15-11-10-14-37(33)39)63-49(71)42(20-35-23-53-27-58-35)62-46(68)38(51)17-32-12-8-7-9-13-32/h7-15,21-23,26-30,36,38,40-42,44,55H,16-20,24-25,51H2,1-6H3,(H,52,57)(H,53,58)(H,54,65)(H,56,72)(H,59,69)(H,60,70)(H,61,66)(H,62,68)(H,63,71)(H,64,67)/t30-,36-,38+,40-,41-,42-,44-/m0/s1. The number of aromatic amines is 3. The molecule has 0 fully saturated rings. The molecule has 5 rings (SSSR count). The van der Waals surface area contributed by atoms with Crippen LogP contribution in [0.3, 0.4) is 0 Å². The van der Waals surface area contributed by atoms with Gasteiger partial charge in [-0.25, -0.2) is 9.97 Å². The Morgan fingerprint density at radius 3 is 1.79 bits per heavy atom. The molecule has 3 aromatic heterocycles. The Morgan fingerprint density at radius 2 is 1.18 bits per heavy atom. The number of nitrogens with one attached hydrogen (secondary N) is 11. The molecule has 0 unspecified atom stereocenters. The third-order valence-electron chi connectivity index (χ3n) is 11.7. The Kier molecular flexibility index (Phi) is 20.6. The summed E-state index contributed by atoms with van der Waals surface area (Å²) in [5.74, 6) is -5.21. The fraction of sp³-hybridized carbons (Fsp3) is 0.440. The lowest BCUT2D eigenvalue weighted by Crippen LogP contribution is -2.59. The van der Waals surface area contributed by atoms with Gasteiger partial charge in [-0.1, -0.05) is 76.2 Å². The Labute approximate surface area is 417 Å². The maximum atomic E-state index is 14.2. The number of hydrogen-bond donors (Lipinski definition) is 12. The SMILES string of the molecule is CC(=O)NC[C@H](CC(C)C)NC(=O)[C@H](Cc1cnc[nH]1)NC(=O)CNC(=O)[C@@H](NC(=O)[C@H](C)NC(=O)[C@H](Cc1c[nH]c2ccccc12)NC(=O)[C@H](Cc1cnc[nH]1)NC(=O)[C@H](N)Cc1ccccc1)C(C)C. The van der Waals surface area contributed by atoms with Gasteiger partial charge in [-0.3, -0.25) is 38.4 Å². The van der Waals surface area contributed by atoms with E-state index in [9.17, 15) is 38.4 Å². The number of H-pyrrole nitrogens is 3. The fourth-order valence-electron chi connectivity index (χ4n) is 7.94. The van der Waals surface area contributed by atoms with E-state index in [4.69, 9.17) is 5.73 Å². The molecule has 0 saturated heterocycles. The molecule has 22 nitrogen and oxygen atoms in total. The number of fused-ring (bicyclic) bond motifs is 1. The van der Waals surface area contributed by atoms with Crippen LogP contribution >= 0.6 is 0 Å². The van der Waals surface area contributed by atoms with Crippen molar-refractivity contribution in [1.82, 2.24) is 67.5 Å². The highest BCUT2D eigenvalue weighted by atomic mass is 16.2. The van der Waals surface area contributed by atoms with Gasteiger partial charge in [0, 0.05) is 79.7 Å². The number of carbonyl (C=O) groups excluding carboxylic acids is 8. The second-order valence-corrected chi connectivity index (χ2v) is 18.6. The highest BCUT2D eigenvalue weighted by Gasteiger charge is 2.33. The first-order valence-corrected chi connectivity index (χ1v) is 24.0. The molecule has 386 valence electrons. The lowest BCUT2D eigenvalue weighted by Gasteiger charge is -2.27. The van der Waals surface area contributed by atoms with Crippen molar-refractivity contribution in [2.24, 2.45) is 17.6 Å². The molecule has 0 aliphatic rings. The van der Waals surface area contributed by atoms with Crippen LogP contribution in [-0.2, 0) is 64.0 Å². The van der Waals surface area contributed by atoms with Crippen LogP contribution < -0.4 is 48.3 Å². The molecule has 0 aliphatic heterocycles. The molecule has 22 heteroatoms. The molecular weight excluding hydrogens is 925 g/mol. The van der Waals surface area contributed by atoms with Crippen molar-refractivity contribution in [2.75, 3.05) is 13.1 Å². The summed E-state index contributed by atoms with van der Waals surface area (Å²) in [6.45, 7) is 9.77. The van der Waals surface area contributed by atoms with Crippen molar-refractivity contribution >= 4 is 58.2 Å². The normalized spacial score (nSPS) is 14.2. The minimum Gasteiger partial charge on any atom is -0.361 e. The number of hydrogen-bond acceptors (Lipinski definition) is 11. The highest BCUT2D eigenvalue weighted by molar-refractivity contribution is 5.97. The number of amides is 8.